The molecule has 2 rings (SSSR count). The predicted octanol–water partition coefficient (Wildman–Crippen LogP) is 1.12. The fourth-order valence-corrected chi connectivity index (χ4v) is 1.68. The van der Waals surface area contributed by atoms with Gasteiger partial charge < -0.3 is 20.6 Å². The molecule has 2 aromatic rings. The summed E-state index contributed by atoms with van der Waals surface area (Å²) in [5.41, 5.74) is 0.349. The largest absolute Gasteiger partial charge is 0.508 e. The number of nitrogens with zero attached hydrogens (tertiary/aromatic N) is 1. The summed E-state index contributed by atoms with van der Waals surface area (Å²) in [5, 5.41) is 30.2. The molecule has 0 aliphatic heterocycles. The third-order valence-corrected chi connectivity index (χ3v) is 2.72. The van der Waals surface area contributed by atoms with Crippen LogP contribution in [0.2, 0.25) is 0 Å². The quantitative estimate of drug-likeness (QED) is 0.626. The molecule has 1 heterocycles. The number of benzene rings is 1. The van der Waals surface area contributed by atoms with E-state index in [4.69, 9.17) is 5.11 Å². The third-order valence-electron chi connectivity index (χ3n) is 2.72. The summed E-state index contributed by atoms with van der Waals surface area (Å²) in [4.78, 5) is 26.6. The topological polar surface area (TPSA) is 120 Å². The van der Waals surface area contributed by atoms with Crippen molar-refractivity contribution >= 4 is 11.9 Å². The van der Waals surface area contributed by atoms with Gasteiger partial charge in [-0.3, -0.25) is 9.78 Å². The highest BCUT2D eigenvalue weighted by atomic mass is 16.4. The van der Waals surface area contributed by atoms with Crippen LogP contribution >= 0.6 is 0 Å². The highest BCUT2D eigenvalue weighted by Gasteiger charge is 2.12. The molecule has 108 valence electrons. The van der Waals surface area contributed by atoms with Crippen LogP contribution in [0.4, 0.5) is 0 Å². The summed E-state index contributed by atoms with van der Waals surface area (Å²) in [6.45, 7) is -0.00491. The summed E-state index contributed by atoms with van der Waals surface area (Å²) in [6.07, 6.45) is 1.33. The van der Waals surface area contributed by atoms with Gasteiger partial charge in [-0.05, 0) is 30.3 Å². The molecule has 0 bridgehead atoms. The van der Waals surface area contributed by atoms with Gasteiger partial charge in [0.1, 0.15) is 11.5 Å². The van der Waals surface area contributed by atoms with Crippen molar-refractivity contribution in [3.63, 3.8) is 0 Å². The Labute approximate surface area is 119 Å². The molecule has 0 saturated heterocycles. The number of phenolic OH excluding ortho intramolecular Hbond substituents is 2. The Morgan fingerprint density at radius 2 is 1.90 bits per heavy atom. The van der Waals surface area contributed by atoms with Crippen molar-refractivity contribution in [2.45, 2.75) is 6.54 Å². The Morgan fingerprint density at radius 3 is 2.62 bits per heavy atom. The number of amides is 1. The molecule has 1 amide bonds. The molecular formula is C14H12N2O5. The summed E-state index contributed by atoms with van der Waals surface area (Å²) >= 11 is 0. The van der Waals surface area contributed by atoms with E-state index in [2.05, 4.69) is 10.3 Å². The average Bonchev–Trinajstić information content (AvgIpc) is 2.47. The van der Waals surface area contributed by atoms with Gasteiger partial charge in [0.05, 0.1) is 23.4 Å². The normalized spacial score (nSPS) is 10.1. The summed E-state index contributed by atoms with van der Waals surface area (Å²) in [7, 11) is 0. The minimum Gasteiger partial charge on any atom is -0.508 e. The number of pyridine rings is 1. The van der Waals surface area contributed by atoms with E-state index in [0.717, 1.165) is 6.07 Å². The van der Waals surface area contributed by atoms with Crippen molar-refractivity contribution in [3.05, 3.63) is 53.3 Å². The maximum atomic E-state index is 11.9. The van der Waals surface area contributed by atoms with Gasteiger partial charge in [0.2, 0.25) is 0 Å². The molecule has 7 nitrogen and oxygen atoms in total. The van der Waals surface area contributed by atoms with E-state index in [1.165, 1.54) is 30.5 Å². The minimum absolute atomic E-state index is 0.00491. The van der Waals surface area contributed by atoms with Gasteiger partial charge in [-0.1, -0.05) is 0 Å². The van der Waals surface area contributed by atoms with Crippen molar-refractivity contribution in [3.8, 4) is 11.5 Å². The highest BCUT2D eigenvalue weighted by Crippen LogP contribution is 2.21. The third kappa shape index (κ3) is 3.47. The van der Waals surface area contributed by atoms with Crippen LogP contribution in [0.3, 0.4) is 0 Å². The molecule has 0 fully saturated rings. The minimum atomic E-state index is -1.09. The zero-order valence-electron chi connectivity index (χ0n) is 10.8. The van der Waals surface area contributed by atoms with E-state index in [9.17, 15) is 19.8 Å². The molecular weight excluding hydrogens is 276 g/mol. The molecule has 7 heteroatoms. The maximum absolute atomic E-state index is 11.9. The van der Waals surface area contributed by atoms with Crippen LogP contribution in [0.1, 0.15) is 26.4 Å². The Balaban J connectivity index is 2.09. The first-order valence-corrected chi connectivity index (χ1v) is 5.96. The number of aromatic carboxylic acids is 1. The zero-order chi connectivity index (χ0) is 15.4. The van der Waals surface area contributed by atoms with Crippen LogP contribution in [-0.4, -0.2) is 32.2 Å². The summed E-state index contributed by atoms with van der Waals surface area (Å²) in [6, 6.07) is 6.27. The second kappa shape index (κ2) is 5.91. The first kappa shape index (κ1) is 14.3. The van der Waals surface area contributed by atoms with Crippen LogP contribution in [0.25, 0.3) is 0 Å². The summed E-state index contributed by atoms with van der Waals surface area (Å²) < 4.78 is 0. The number of carbonyl (C=O) groups excluding carboxylic acids is 1. The first-order chi connectivity index (χ1) is 9.97. The van der Waals surface area contributed by atoms with E-state index in [1.807, 2.05) is 0 Å². The number of carboxylic acid groups (broad SMARTS) is 1. The molecule has 0 radical (unpaired) electrons. The number of carboxylic acids is 1. The Bertz CT molecular complexity index is 700. The Kier molecular flexibility index (Phi) is 4.03. The molecule has 4 N–H and O–H groups in total. The van der Waals surface area contributed by atoms with Crippen molar-refractivity contribution in [1.29, 1.82) is 0 Å². The Hall–Kier alpha value is -3.09. The van der Waals surface area contributed by atoms with Crippen LogP contribution in [0.15, 0.2) is 36.5 Å². The van der Waals surface area contributed by atoms with Crippen molar-refractivity contribution in [1.82, 2.24) is 10.3 Å². The number of hydrogen-bond acceptors (Lipinski definition) is 5. The first-order valence-electron chi connectivity index (χ1n) is 5.96. The lowest BCUT2D eigenvalue weighted by Crippen LogP contribution is -2.23. The molecule has 0 atom stereocenters. The van der Waals surface area contributed by atoms with Crippen LogP contribution < -0.4 is 5.32 Å². The maximum Gasteiger partial charge on any atom is 0.335 e. The van der Waals surface area contributed by atoms with Gasteiger partial charge in [-0.15, -0.1) is 0 Å². The fraction of sp³-hybridized carbons (Fsp3) is 0.0714. The molecule has 0 aliphatic carbocycles. The lowest BCUT2D eigenvalue weighted by Gasteiger charge is -2.07. The van der Waals surface area contributed by atoms with Gasteiger partial charge in [0, 0.05) is 6.20 Å². The highest BCUT2D eigenvalue weighted by molar-refractivity contribution is 5.97. The molecule has 21 heavy (non-hydrogen) atoms. The molecule has 1 aromatic heterocycles. The van der Waals surface area contributed by atoms with Gasteiger partial charge >= 0.3 is 5.97 Å². The van der Waals surface area contributed by atoms with E-state index in [1.54, 1.807) is 0 Å². The van der Waals surface area contributed by atoms with E-state index < -0.39 is 11.9 Å². The molecule has 0 aliphatic rings. The predicted molar refractivity (Wildman–Crippen MR) is 72.1 cm³/mol. The van der Waals surface area contributed by atoms with Crippen molar-refractivity contribution in [2.75, 3.05) is 0 Å². The molecule has 0 spiro atoms. The van der Waals surface area contributed by atoms with Crippen molar-refractivity contribution in [2.24, 2.45) is 0 Å². The number of rotatable bonds is 4. The second-order valence-electron chi connectivity index (χ2n) is 4.23. The van der Waals surface area contributed by atoms with Gasteiger partial charge in [0.25, 0.3) is 5.91 Å². The number of hydrogen-bond donors (Lipinski definition) is 4. The standard InChI is InChI=1S/C14H12N2O5/c17-10-1-2-12(18)11(6-10)13(19)16-7-9-5-8(14(20)21)3-4-15-9/h1-6,17-18H,7H2,(H,16,19)(H,20,21). The van der Waals surface area contributed by atoms with E-state index >= 15 is 0 Å². The number of nitrogens with one attached hydrogen (secondary N) is 1. The SMILES string of the molecule is O=C(O)c1ccnc(CNC(=O)c2cc(O)ccc2O)c1. The van der Waals surface area contributed by atoms with E-state index in [-0.39, 0.29) is 29.2 Å². The van der Waals surface area contributed by atoms with Gasteiger partial charge in [-0.25, -0.2) is 4.79 Å². The van der Waals surface area contributed by atoms with Gasteiger partial charge in [0.15, 0.2) is 0 Å². The molecule has 0 saturated carbocycles. The number of carbonyl (C=O) groups is 2. The van der Waals surface area contributed by atoms with Crippen molar-refractivity contribution < 1.29 is 24.9 Å². The smallest absolute Gasteiger partial charge is 0.335 e. The number of aromatic hydroxyl groups is 2. The average molecular weight is 288 g/mol. The second-order valence-corrected chi connectivity index (χ2v) is 4.23. The molecule has 0 unspecified atom stereocenters. The zero-order valence-corrected chi connectivity index (χ0v) is 10.8. The fourth-order valence-electron chi connectivity index (χ4n) is 1.68. The summed E-state index contributed by atoms with van der Waals surface area (Å²) in [5.74, 6) is -2.11. The number of phenols is 2. The van der Waals surface area contributed by atoms with Crippen LogP contribution in [0.5, 0.6) is 11.5 Å². The lowest BCUT2D eigenvalue weighted by atomic mass is 10.1. The van der Waals surface area contributed by atoms with Crippen LogP contribution in [0, 0.1) is 0 Å². The van der Waals surface area contributed by atoms with Crippen LogP contribution in [-0.2, 0) is 6.54 Å². The molecule has 1 aromatic carbocycles. The monoisotopic (exact) mass is 288 g/mol. The van der Waals surface area contributed by atoms with E-state index in [0.29, 0.717) is 5.69 Å². The Morgan fingerprint density at radius 1 is 1.14 bits per heavy atom. The lowest BCUT2D eigenvalue weighted by molar-refractivity contribution is 0.0696. The number of aromatic nitrogens is 1. The van der Waals surface area contributed by atoms with Gasteiger partial charge in [-0.2, -0.15) is 0 Å².